The minimum absolute atomic E-state index is 0.109. The molecule has 0 atom stereocenters. The molecule has 0 unspecified atom stereocenters. The van der Waals surface area contributed by atoms with Gasteiger partial charge in [-0.25, -0.2) is 9.78 Å². The monoisotopic (exact) mass is 1410 g/mol. The largest absolute Gasteiger partial charge is 0.870 e. The second-order valence-corrected chi connectivity index (χ2v) is 23.9. The number of carboxylic acid groups (broad SMARTS) is 1. The number of benzene rings is 12. The van der Waals surface area contributed by atoms with E-state index in [1.165, 1.54) is 31.9 Å². The number of rotatable bonds is 10. The van der Waals surface area contributed by atoms with Crippen LogP contribution >= 0.6 is 23.2 Å². The van der Waals surface area contributed by atoms with E-state index in [4.69, 9.17) is 34.1 Å². The fraction of sp³-hybridized carbons (Fsp3) is 0.0976. The number of fused-ring (bicyclic) bond motifs is 11. The number of carbonyl (C=O) groups excluding carboxylic acids is 7. The number of halogens is 2. The number of nitrogen functional groups attached to an aromatic ring is 1. The summed E-state index contributed by atoms with van der Waals surface area (Å²) in [4.78, 5) is 96.3. The van der Waals surface area contributed by atoms with E-state index in [-0.39, 0.29) is 23.6 Å². The lowest BCUT2D eigenvalue weighted by Crippen LogP contribution is -3.11. The molecule has 0 bridgehead atoms. The molecule has 8 N–H and O–H groups in total. The van der Waals surface area contributed by atoms with Crippen LogP contribution in [0.25, 0.3) is 76.0 Å². The van der Waals surface area contributed by atoms with E-state index in [9.17, 15) is 48.6 Å². The van der Waals surface area contributed by atoms with Crippen molar-refractivity contribution in [3.8, 4) is 17.0 Å². The van der Waals surface area contributed by atoms with Gasteiger partial charge < -0.3 is 46.7 Å². The number of amides is 3. The Morgan fingerprint density at radius 2 is 0.971 bits per heavy atom. The highest BCUT2D eigenvalue weighted by molar-refractivity contribution is 6.53. The number of hydrogen-bond acceptors (Lipinski definition) is 14. The topological polar surface area (TPSA) is 301 Å². The Morgan fingerprint density at radius 3 is 1.45 bits per heavy atom. The van der Waals surface area contributed by atoms with E-state index in [1.807, 2.05) is 152 Å². The van der Waals surface area contributed by atoms with Crippen LogP contribution in [0.1, 0.15) is 69.1 Å². The number of Topliss-reactive ketones (excluding diaryl/α,β-unsaturated/α-hetero) is 3. The van der Waals surface area contributed by atoms with E-state index >= 15 is 0 Å². The number of aromatic carboxylic acids is 1. The molecule has 0 saturated heterocycles. The van der Waals surface area contributed by atoms with Crippen molar-refractivity contribution < 1.29 is 63.4 Å². The van der Waals surface area contributed by atoms with Gasteiger partial charge >= 0.3 is 11.9 Å². The molecular weight excluding hydrogens is 1350 g/mol. The van der Waals surface area contributed by atoms with Crippen LogP contribution in [0.4, 0.5) is 22.7 Å². The van der Waals surface area contributed by atoms with Crippen molar-refractivity contribution in [2.45, 2.75) is 27.7 Å². The van der Waals surface area contributed by atoms with Gasteiger partial charge in [-0.2, -0.15) is 0 Å². The summed E-state index contributed by atoms with van der Waals surface area (Å²) in [6.07, 6.45) is 0.821. The zero-order valence-corrected chi connectivity index (χ0v) is 57.7. The summed E-state index contributed by atoms with van der Waals surface area (Å²) >= 11 is 11.5. The highest BCUT2D eigenvalue weighted by Crippen LogP contribution is 2.38. The molecule has 1 aromatic heterocycles. The average molecular weight is 1420 g/mol. The Hall–Kier alpha value is -12.7. The van der Waals surface area contributed by atoms with Gasteiger partial charge in [0, 0.05) is 66.2 Å². The smallest absolute Gasteiger partial charge is 0.335 e. The number of esters is 1. The molecule has 3 amide bonds. The fourth-order valence-electron chi connectivity index (χ4n) is 11.2. The van der Waals surface area contributed by atoms with Crippen LogP contribution in [-0.2, 0) is 23.9 Å². The first-order chi connectivity index (χ1) is 49.7. The molecule has 0 fully saturated rings. The normalized spacial score (nSPS) is 11.6. The maximum absolute atomic E-state index is 12.8. The van der Waals surface area contributed by atoms with Crippen LogP contribution in [0.2, 0.25) is 10.0 Å². The summed E-state index contributed by atoms with van der Waals surface area (Å²) in [5.41, 5.74) is 10.9. The molecule has 2 aliphatic heterocycles. The molecule has 0 aliphatic carbocycles. The average Bonchev–Trinajstić information content (AvgIpc) is 1.78. The van der Waals surface area contributed by atoms with Gasteiger partial charge in [-0.15, -0.1) is 0 Å². The number of pyridine rings is 1. The number of quaternary nitrogens is 1. The van der Waals surface area contributed by atoms with Crippen molar-refractivity contribution in [2.24, 2.45) is 5.16 Å². The van der Waals surface area contributed by atoms with Gasteiger partial charge in [0.2, 0.25) is 0 Å². The Bertz CT molecular complexity index is 5250. The number of nitrogens with two attached hydrogens (primary N) is 1. The van der Waals surface area contributed by atoms with Gasteiger partial charge in [0.15, 0.2) is 12.4 Å². The van der Waals surface area contributed by atoms with Crippen LogP contribution in [0, 0.1) is 0 Å². The van der Waals surface area contributed by atoms with Crippen LogP contribution < -0.4 is 31.7 Å². The molecule has 0 radical (unpaired) electrons. The van der Waals surface area contributed by atoms with Crippen molar-refractivity contribution in [3.63, 3.8) is 0 Å². The van der Waals surface area contributed by atoms with Gasteiger partial charge in [-0.1, -0.05) is 216 Å². The second kappa shape index (κ2) is 35.4. The molecule has 12 aromatic carbocycles. The number of anilines is 4. The minimum atomic E-state index is -1.26. The highest BCUT2D eigenvalue weighted by Gasteiger charge is 2.30. The molecular formula is C82H69Cl2N7O12. The van der Waals surface area contributed by atoms with Gasteiger partial charge in [0.05, 0.1) is 58.9 Å². The minimum Gasteiger partial charge on any atom is -0.870 e. The highest BCUT2D eigenvalue weighted by atomic mass is 35.5. The number of nitrogens with one attached hydrogen (secondary N) is 4. The predicted octanol–water partition coefficient (Wildman–Crippen LogP) is 15.1. The standard InChI is InChI=1S/C20H12ClNO3.C12H10N2O2.2C12H7NO2.C10H9ClO3.C10H9N.C6H15N/c21-13-8-5-12(6-9-13)17-19(23)16(20(24)25)15-10-7-11-3-1-2-4-14(11)18(15)22-17;15-12(8-13-16)14-11-7-3-5-9-4-1-2-6-10(9)11;2*14-11-9-6-5-7-3-1-2-4-8(7)10(9)13-12(11)15;1-7(12)14-6-10(13)8-2-4-9(11)5-3-8;11-10-7-3-5-8-4-1-2-6-9(8)10;1-4-7(5-2)6-3/h1-10,23H,(H,24,25);1-8,16H,(H,14,15);2*1-6H,(H,13,14,15);2-5H,6H2,1H3;1-7H,11H2;4-6H2,1-3H3/b;13-8+;;;;;. The number of oxime groups is 1. The zero-order chi connectivity index (χ0) is 73.7. The van der Waals surface area contributed by atoms with Crippen LogP contribution in [0.15, 0.2) is 248 Å². The maximum Gasteiger partial charge on any atom is 0.335 e. The Balaban J connectivity index is 0.000000143. The predicted molar refractivity (Wildman–Crippen MR) is 406 cm³/mol. The molecule has 103 heavy (non-hydrogen) atoms. The summed E-state index contributed by atoms with van der Waals surface area (Å²) in [6.45, 7) is 11.5. The molecule has 0 saturated carbocycles. The first kappa shape index (κ1) is 74.5. The molecule has 15 rings (SSSR count). The summed E-state index contributed by atoms with van der Waals surface area (Å²) in [5.74, 6) is -5.00. The van der Waals surface area contributed by atoms with Crippen molar-refractivity contribution in [1.29, 1.82) is 0 Å². The third kappa shape index (κ3) is 18.6. The fourth-order valence-corrected chi connectivity index (χ4v) is 11.5. The van der Waals surface area contributed by atoms with Gasteiger partial charge in [-0.05, 0) is 114 Å². The van der Waals surface area contributed by atoms with E-state index in [0.29, 0.717) is 60.3 Å². The Labute approximate surface area is 601 Å². The van der Waals surface area contributed by atoms with Crippen molar-refractivity contribution in [1.82, 2.24) is 4.98 Å². The SMILES string of the molecule is CC(=O)OCC(=O)c1ccc(Cl)cc1.CC[NH+](CC)CC.Nc1cccc2ccccc12.O=C(/C=N/O)Nc1cccc2ccccc12.O=C(O)c1c([O-])c(-c2ccc(Cl)cc2)nc2c1ccc1ccccc12.O=C1Nc2c(ccc3ccccc23)C1=O.O=C1Nc2c(ccc3ccccc23)C1=O. The Kier molecular flexibility index (Phi) is 25.6. The Morgan fingerprint density at radius 1 is 0.544 bits per heavy atom. The first-order valence-corrected chi connectivity index (χ1v) is 33.2. The van der Waals surface area contributed by atoms with E-state index in [0.717, 1.165) is 60.4 Å². The number of hydrogen-bond donors (Lipinski definition) is 7. The lowest BCUT2D eigenvalue weighted by Gasteiger charge is -2.19. The molecule has 3 heterocycles. The summed E-state index contributed by atoms with van der Waals surface area (Å²) in [5, 5.41) is 52.5. The molecule has 2 aliphatic rings. The summed E-state index contributed by atoms with van der Waals surface area (Å²) < 4.78 is 4.57. The van der Waals surface area contributed by atoms with Gasteiger partial charge in [0.25, 0.3) is 29.3 Å². The van der Waals surface area contributed by atoms with Crippen LogP contribution in [0.5, 0.6) is 5.75 Å². The number of ketones is 3. The number of nitrogens with zero attached hydrogens (tertiary/aromatic N) is 2. The van der Waals surface area contributed by atoms with Crippen LogP contribution in [0.3, 0.4) is 0 Å². The molecule has 19 nitrogen and oxygen atoms in total. The van der Waals surface area contributed by atoms with Gasteiger partial charge in [0.1, 0.15) is 6.21 Å². The zero-order valence-electron chi connectivity index (χ0n) is 56.2. The summed E-state index contributed by atoms with van der Waals surface area (Å²) in [6, 6.07) is 73.8. The number of aromatic nitrogens is 1. The quantitative estimate of drug-likeness (QED) is 0.00979. The number of carbonyl (C=O) groups is 8. The number of carboxylic acids is 1. The molecule has 21 heteroatoms. The molecule has 13 aromatic rings. The van der Waals surface area contributed by atoms with Crippen molar-refractivity contribution >= 4 is 164 Å². The lowest BCUT2D eigenvalue weighted by atomic mass is 9.99. The third-order valence-electron chi connectivity index (χ3n) is 16.5. The summed E-state index contributed by atoms with van der Waals surface area (Å²) in [7, 11) is 0. The first-order valence-electron chi connectivity index (χ1n) is 32.4. The van der Waals surface area contributed by atoms with Crippen LogP contribution in [-0.4, -0.2) is 94.8 Å². The van der Waals surface area contributed by atoms with Crippen molar-refractivity contribution in [3.05, 3.63) is 275 Å². The third-order valence-corrected chi connectivity index (χ3v) is 17.0. The maximum atomic E-state index is 12.8. The van der Waals surface area contributed by atoms with E-state index < -0.39 is 47.0 Å². The van der Waals surface area contributed by atoms with Gasteiger partial charge in [-0.3, -0.25) is 33.6 Å². The second-order valence-electron chi connectivity index (χ2n) is 23.0. The van der Waals surface area contributed by atoms with E-state index in [1.54, 1.807) is 83.8 Å². The van der Waals surface area contributed by atoms with E-state index in [2.05, 4.69) is 63.7 Å². The van der Waals surface area contributed by atoms with Crippen molar-refractivity contribution in [2.75, 3.05) is 47.9 Å². The molecule has 0 spiro atoms. The lowest BCUT2D eigenvalue weighted by molar-refractivity contribution is -0.894. The number of ether oxygens (including phenoxy) is 1. The molecule has 518 valence electrons.